The Bertz CT molecular complexity index is 996. The molecule has 4 rings (SSSR count). The highest BCUT2D eigenvalue weighted by Crippen LogP contribution is 2.29. The number of benzene rings is 2. The Balaban J connectivity index is 1.50. The predicted molar refractivity (Wildman–Crippen MR) is 119 cm³/mol. The van der Waals surface area contributed by atoms with E-state index in [-0.39, 0.29) is 5.91 Å². The first-order valence-electron chi connectivity index (χ1n) is 10.2. The fraction of sp³-hybridized carbons (Fsp3) is 0.250. The van der Waals surface area contributed by atoms with Gasteiger partial charge in [0.05, 0.1) is 0 Å². The summed E-state index contributed by atoms with van der Waals surface area (Å²) in [5.41, 5.74) is 5.70. The summed E-state index contributed by atoms with van der Waals surface area (Å²) in [5.74, 6) is -0.0597. The monoisotopic (exact) mass is 386 g/mol. The van der Waals surface area contributed by atoms with Gasteiger partial charge in [-0.05, 0) is 68.3 Å². The summed E-state index contributed by atoms with van der Waals surface area (Å²) in [6, 6.07) is 20.1. The first kappa shape index (κ1) is 19.0. The van der Waals surface area contributed by atoms with E-state index in [4.69, 9.17) is 0 Å². The molecule has 0 aliphatic carbocycles. The number of amides is 1. The lowest BCUT2D eigenvalue weighted by Crippen LogP contribution is -2.29. The maximum absolute atomic E-state index is 13.0. The molecule has 5 heteroatoms. The molecule has 0 radical (unpaired) electrons. The van der Waals surface area contributed by atoms with Crippen molar-refractivity contribution in [1.82, 2.24) is 4.98 Å². The molecular formula is C24H26N4O. The smallest absolute Gasteiger partial charge is 0.276 e. The lowest BCUT2D eigenvalue weighted by Gasteiger charge is -2.21. The van der Waals surface area contributed by atoms with Gasteiger partial charge in [-0.3, -0.25) is 9.78 Å². The molecule has 1 aliphatic heterocycles. The molecule has 1 aromatic heterocycles. The second-order valence-corrected chi connectivity index (χ2v) is 7.11. The number of hydrogen-bond donors (Lipinski definition) is 1. The van der Waals surface area contributed by atoms with E-state index in [2.05, 4.69) is 59.4 Å². The lowest BCUT2D eigenvalue weighted by molar-refractivity contribution is 0.0984. The van der Waals surface area contributed by atoms with E-state index in [1.165, 1.54) is 11.3 Å². The first-order chi connectivity index (χ1) is 14.2. The normalized spacial score (nSPS) is 12.6. The number of carbonyl (C=O) groups excluding carboxylic acids is 1. The summed E-state index contributed by atoms with van der Waals surface area (Å²) < 4.78 is 0. The third-order valence-corrected chi connectivity index (χ3v) is 5.40. The number of nitrogens with one attached hydrogen (secondary N) is 1. The van der Waals surface area contributed by atoms with Crippen LogP contribution in [0.3, 0.4) is 0 Å². The number of anilines is 4. The van der Waals surface area contributed by atoms with Crippen LogP contribution in [0.1, 0.15) is 29.9 Å². The van der Waals surface area contributed by atoms with Crippen molar-refractivity contribution >= 4 is 28.7 Å². The highest BCUT2D eigenvalue weighted by Gasteiger charge is 2.26. The first-order valence-corrected chi connectivity index (χ1v) is 10.2. The van der Waals surface area contributed by atoms with Crippen LogP contribution in [0.5, 0.6) is 0 Å². The molecule has 2 aromatic carbocycles. The molecule has 1 N–H and O–H groups in total. The number of carbonyl (C=O) groups is 1. The number of hydrogen-bond acceptors (Lipinski definition) is 4. The average molecular weight is 386 g/mol. The molecule has 0 saturated heterocycles. The van der Waals surface area contributed by atoms with Crippen LogP contribution >= 0.6 is 0 Å². The standard InChI is InChI=1S/C24H26N4O/c1-3-27(4-2)21-11-9-19(10-12-21)26-20-13-15-25-22(17-20)24(29)28-16-14-18-7-5-6-8-23(18)28/h5-13,15,17H,3-4,14,16H2,1-2H3,(H,25,26). The minimum atomic E-state index is -0.0597. The van der Waals surface area contributed by atoms with Gasteiger partial charge in [-0.15, -0.1) is 0 Å². The Hall–Kier alpha value is -3.34. The fourth-order valence-electron chi connectivity index (χ4n) is 3.82. The Morgan fingerprint density at radius 1 is 1.03 bits per heavy atom. The Morgan fingerprint density at radius 3 is 2.55 bits per heavy atom. The van der Waals surface area contributed by atoms with Crippen LogP contribution in [0.2, 0.25) is 0 Å². The zero-order valence-electron chi connectivity index (χ0n) is 16.9. The minimum Gasteiger partial charge on any atom is -0.372 e. The Kier molecular flexibility index (Phi) is 5.47. The zero-order valence-corrected chi connectivity index (χ0v) is 16.9. The second-order valence-electron chi connectivity index (χ2n) is 7.11. The number of rotatable bonds is 6. The molecule has 0 bridgehead atoms. The van der Waals surface area contributed by atoms with Crippen LogP contribution < -0.4 is 15.1 Å². The highest BCUT2D eigenvalue weighted by molar-refractivity contribution is 6.06. The quantitative estimate of drug-likeness (QED) is 0.656. The fourth-order valence-corrected chi connectivity index (χ4v) is 3.82. The third kappa shape index (κ3) is 3.94. The van der Waals surface area contributed by atoms with Crippen LogP contribution in [-0.4, -0.2) is 30.5 Å². The second kappa shape index (κ2) is 8.35. The van der Waals surface area contributed by atoms with Gasteiger partial charge in [-0.2, -0.15) is 0 Å². The molecule has 0 atom stereocenters. The molecule has 0 saturated carbocycles. The number of fused-ring (bicyclic) bond motifs is 1. The van der Waals surface area contributed by atoms with Gasteiger partial charge in [0, 0.05) is 48.6 Å². The molecule has 3 aromatic rings. The largest absolute Gasteiger partial charge is 0.372 e. The van der Waals surface area contributed by atoms with Crippen molar-refractivity contribution in [2.75, 3.05) is 34.8 Å². The maximum atomic E-state index is 13.0. The molecule has 0 unspecified atom stereocenters. The molecule has 1 aliphatic rings. The van der Waals surface area contributed by atoms with Gasteiger partial charge in [0.1, 0.15) is 5.69 Å². The van der Waals surface area contributed by atoms with E-state index < -0.39 is 0 Å². The highest BCUT2D eigenvalue weighted by atomic mass is 16.2. The van der Waals surface area contributed by atoms with Gasteiger partial charge in [0.15, 0.2) is 0 Å². The molecule has 1 amide bonds. The van der Waals surface area contributed by atoms with Crippen molar-refractivity contribution in [3.8, 4) is 0 Å². The number of pyridine rings is 1. The number of nitrogens with zero attached hydrogens (tertiary/aromatic N) is 3. The van der Waals surface area contributed by atoms with Gasteiger partial charge < -0.3 is 15.1 Å². The number of para-hydroxylation sites is 1. The van der Waals surface area contributed by atoms with E-state index in [0.717, 1.165) is 36.6 Å². The Morgan fingerprint density at radius 2 is 1.79 bits per heavy atom. The summed E-state index contributed by atoms with van der Waals surface area (Å²) in [7, 11) is 0. The van der Waals surface area contributed by atoms with Crippen LogP contribution in [0.4, 0.5) is 22.7 Å². The van der Waals surface area contributed by atoms with Crippen LogP contribution in [0.25, 0.3) is 0 Å². The van der Waals surface area contributed by atoms with E-state index in [1.807, 2.05) is 35.2 Å². The van der Waals surface area contributed by atoms with Gasteiger partial charge in [0.25, 0.3) is 5.91 Å². The molecule has 0 spiro atoms. The average Bonchev–Trinajstić information content (AvgIpc) is 3.20. The molecule has 29 heavy (non-hydrogen) atoms. The SMILES string of the molecule is CCN(CC)c1ccc(Nc2ccnc(C(=O)N3CCc4ccccc43)c2)cc1. The summed E-state index contributed by atoms with van der Waals surface area (Å²) >= 11 is 0. The van der Waals surface area contributed by atoms with Crippen molar-refractivity contribution < 1.29 is 4.79 Å². The van der Waals surface area contributed by atoms with Crippen LogP contribution in [-0.2, 0) is 6.42 Å². The lowest BCUT2D eigenvalue weighted by atomic mass is 10.2. The van der Waals surface area contributed by atoms with Gasteiger partial charge in [-0.1, -0.05) is 18.2 Å². The van der Waals surface area contributed by atoms with Gasteiger partial charge >= 0.3 is 0 Å². The number of aromatic nitrogens is 1. The predicted octanol–water partition coefficient (Wildman–Crippen LogP) is 4.87. The van der Waals surface area contributed by atoms with E-state index >= 15 is 0 Å². The maximum Gasteiger partial charge on any atom is 0.276 e. The van der Waals surface area contributed by atoms with Crippen molar-refractivity contribution in [2.45, 2.75) is 20.3 Å². The Labute approximate surface area is 172 Å². The third-order valence-electron chi connectivity index (χ3n) is 5.40. The van der Waals surface area contributed by atoms with Crippen molar-refractivity contribution in [3.63, 3.8) is 0 Å². The van der Waals surface area contributed by atoms with E-state index in [9.17, 15) is 4.79 Å². The van der Waals surface area contributed by atoms with E-state index in [1.54, 1.807) is 6.20 Å². The zero-order chi connectivity index (χ0) is 20.2. The van der Waals surface area contributed by atoms with Gasteiger partial charge in [0.2, 0.25) is 0 Å². The van der Waals surface area contributed by atoms with Crippen LogP contribution in [0.15, 0.2) is 66.9 Å². The molecule has 148 valence electrons. The summed E-state index contributed by atoms with van der Waals surface area (Å²) in [6.07, 6.45) is 2.57. The van der Waals surface area contributed by atoms with Gasteiger partial charge in [-0.25, -0.2) is 0 Å². The van der Waals surface area contributed by atoms with Crippen LogP contribution in [0, 0.1) is 0 Å². The van der Waals surface area contributed by atoms with Crippen molar-refractivity contribution in [2.24, 2.45) is 0 Å². The summed E-state index contributed by atoms with van der Waals surface area (Å²) in [4.78, 5) is 21.5. The minimum absolute atomic E-state index is 0.0597. The topological polar surface area (TPSA) is 48.5 Å². The molecular weight excluding hydrogens is 360 g/mol. The molecule has 5 nitrogen and oxygen atoms in total. The molecule has 2 heterocycles. The van der Waals surface area contributed by atoms with Crippen molar-refractivity contribution in [1.29, 1.82) is 0 Å². The summed E-state index contributed by atoms with van der Waals surface area (Å²) in [5, 5.41) is 3.38. The summed E-state index contributed by atoms with van der Waals surface area (Å²) in [6.45, 7) is 6.98. The van der Waals surface area contributed by atoms with Crippen molar-refractivity contribution in [3.05, 3.63) is 78.1 Å². The molecule has 0 fully saturated rings. The van der Waals surface area contributed by atoms with E-state index in [0.29, 0.717) is 12.2 Å².